The first-order chi connectivity index (χ1) is 19.2. The summed E-state index contributed by atoms with van der Waals surface area (Å²) in [4.78, 5) is 36.4. The first-order valence-electron chi connectivity index (χ1n) is 16.0. The molecule has 7 atom stereocenters. The Morgan fingerprint density at radius 2 is 1.82 bits per heavy atom. The molecule has 0 bridgehead atoms. The van der Waals surface area contributed by atoms with Crippen LogP contribution in [0.2, 0.25) is 0 Å². The van der Waals surface area contributed by atoms with Gasteiger partial charge in [0.05, 0.1) is 30.4 Å². The molecular formula is C31H51ClN4O4. The van der Waals surface area contributed by atoms with Crippen LogP contribution in [0.25, 0.3) is 0 Å². The molecule has 0 radical (unpaired) electrons. The summed E-state index contributed by atoms with van der Waals surface area (Å²) in [6.07, 6.45) is 11.6. The molecule has 1 saturated heterocycles. The molecule has 3 amide bonds. The van der Waals surface area contributed by atoms with E-state index in [9.17, 15) is 9.59 Å². The van der Waals surface area contributed by atoms with Gasteiger partial charge in [0.2, 0.25) is 5.91 Å². The number of hydrogen-bond donors (Lipinski definition) is 1. The lowest BCUT2D eigenvalue weighted by Gasteiger charge is -2.44. The quantitative estimate of drug-likeness (QED) is 0.438. The number of amides is 3. The topological polar surface area (TPSA) is 83.5 Å². The van der Waals surface area contributed by atoms with Crippen LogP contribution in [-0.4, -0.2) is 90.1 Å². The van der Waals surface area contributed by atoms with E-state index < -0.39 is 0 Å². The van der Waals surface area contributed by atoms with Crippen LogP contribution in [0.5, 0.6) is 0 Å². The van der Waals surface area contributed by atoms with Gasteiger partial charge in [0.1, 0.15) is 12.4 Å². The Morgan fingerprint density at radius 3 is 2.50 bits per heavy atom. The van der Waals surface area contributed by atoms with Crippen molar-refractivity contribution in [2.24, 2.45) is 28.7 Å². The first-order valence-corrected chi connectivity index (χ1v) is 16.4. The zero-order valence-electron chi connectivity index (χ0n) is 25.0. The van der Waals surface area contributed by atoms with E-state index in [1.807, 2.05) is 0 Å². The number of aliphatic imine (C=N–C) groups is 1. The van der Waals surface area contributed by atoms with Crippen molar-refractivity contribution >= 4 is 29.4 Å². The smallest absolute Gasteiger partial charge is 0.326 e. The van der Waals surface area contributed by atoms with E-state index >= 15 is 0 Å². The maximum absolute atomic E-state index is 14.6. The van der Waals surface area contributed by atoms with Crippen molar-refractivity contribution in [3.05, 3.63) is 0 Å². The monoisotopic (exact) mass is 578 g/mol. The van der Waals surface area contributed by atoms with E-state index in [0.29, 0.717) is 30.8 Å². The van der Waals surface area contributed by atoms with Gasteiger partial charge in [-0.1, -0.05) is 19.8 Å². The second kappa shape index (κ2) is 13.3. The van der Waals surface area contributed by atoms with E-state index in [1.54, 1.807) is 12.0 Å². The highest BCUT2D eigenvalue weighted by molar-refractivity contribution is 6.20. The zero-order valence-corrected chi connectivity index (χ0v) is 25.8. The molecular weight excluding hydrogens is 528 g/mol. The number of ether oxygens (including phenoxy) is 2. The molecule has 2 heterocycles. The van der Waals surface area contributed by atoms with Gasteiger partial charge in [-0.25, -0.2) is 4.79 Å². The number of amidine groups is 1. The van der Waals surface area contributed by atoms with Gasteiger partial charge in [0, 0.05) is 37.9 Å². The molecule has 0 aromatic carbocycles. The van der Waals surface area contributed by atoms with Crippen molar-refractivity contribution in [2.45, 2.75) is 127 Å². The van der Waals surface area contributed by atoms with E-state index in [0.717, 1.165) is 50.8 Å². The molecule has 5 aliphatic rings. The average molecular weight is 579 g/mol. The summed E-state index contributed by atoms with van der Waals surface area (Å²) in [6, 6.07) is 0.0685. The van der Waals surface area contributed by atoms with Crippen molar-refractivity contribution < 1.29 is 19.1 Å². The Hall–Kier alpha value is -1.38. The lowest BCUT2D eigenvalue weighted by atomic mass is 9.72. The molecule has 40 heavy (non-hydrogen) atoms. The predicted octanol–water partition coefficient (Wildman–Crippen LogP) is 5.22. The van der Waals surface area contributed by atoms with E-state index in [-0.39, 0.29) is 60.2 Å². The van der Waals surface area contributed by atoms with E-state index in [2.05, 4.69) is 31.0 Å². The van der Waals surface area contributed by atoms with Gasteiger partial charge >= 0.3 is 6.03 Å². The van der Waals surface area contributed by atoms with Gasteiger partial charge in [0.25, 0.3) is 0 Å². The summed E-state index contributed by atoms with van der Waals surface area (Å²) in [6.45, 7) is 7.67. The van der Waals surface area contributed by atoms with Crippen LogP contribution >= 0.6 is 11.6 Å². The molecule has 5 unspecified atom stereocenters. The van der Waals surface area contributed by atoms with Gasteiger partial charge in [-0.15, -0.1) is 11.6 Å². The third-order valence-corrected chi connectivity index (χ3v) is 10.6. The van der Waals surface area contributed by atoms with Gasteiger partial charge < -0.3 is 19.7 Å². The number of alkyl halides is 1. The summed E-state index contributed by atoms with van der Waals surface area (Å²) in [5.41, 5.74) is 0. The Kier molecular flexibility index (Phi) is 9.99. The highest BCUT2D eigenvalue weighted by atomic mass is 35.5. The maximum Gasteiger partial charge on any atom is 0.326 e. The second-order valence-corrected chi connectivity index (χ2v) is 14.1. The van der Waals surface area contributed by atoms with Crippen molar-refractivity contribution in [1.29, 1.82) is 0 Å². The van der Waals surface area contributed by atoms with Gasteiger partial charge in [-0.3, -0.25) is 14.7 Å². The normalized spacial score (nSPS) is 39.3. The SMILES string of the molecule is COC1CCC(C2=N[C@@H](C3CCCC(C)C3)[C@@H](C3CCC(Cl)CC3)N2C(=O)N2CCNC(=O)C2)C(OC(C)C)C1. The Morgan fingerprint density at radius 1 is 1.05 bits per heavy atom. The van der Waals surface area contributed by atoms with Crippen LogP contribution in [-0.2, 0) is 14.3 Å². The Balaban J connectivity index is 1.54. The predicted molar refractivity (Wildman–Crippen MR) is 158 cm³/mol. The molecule has 3 saturated carbocycles. The van der Waals surface area contributed by atoms with E-state index in [1.165, 1.54) is 25.7 Å². The number of hydrogen-bond acceptors (Lipinski definition) is 5. The van der Waals surface area contributed by atoms with Crippen molar-refractivity contribution in [1.82, 2.24) is 15.1 Å². The van der Waals surface area contributed by atoms with Crippen molar-refractivity contribution in [3.63, 3.8) is 0 Å². The van der Waals surface area contributed by atoms with Gasteiger partial charge in [-0.05, 0) is 83.0 Å². The third kappa shape index (κ3) is 6.64. The summed E-state index contributed by atoms with van der Waals surface area (Å²) in [7, 11) is 1.78. The number of carbonyl (C=O) groups is 2. The molecule has 226 valence electrons. The Bertz CT molecular complexity index is 923. The molecule has 5 rings (SSSR count). The maximum atomic E-state index is 14.6. The van der Waals surface area contributed by atoms with Crippen LogP contribution in [0.15, 0.2) is 4.99 Å². The Labute approximate surface area is 245 Å². The van der Waals surface area contributed by atoms with Crippen molar-refractivity contribution in [2.75, 3.05) is 26.7 Å². The minimum absolute atomic E-state index is 0.0202. The summed E-state index contributed by atoms with van der Waals surface area (Å²) >= 11 is 6.58. The van der Waals surface area contributed by atoms with Gasteiger partial charge in [-0.2, -0.15) is 0 Å². The first kappa shape index (κ1) is 30.1. The van der Waals surface area contributed by atoms with E-state index in [4.69, 9.17) is 26.1 Å². The molecule has 3 aliphatic carbocycles. The molecule has 0 aromatic rings. The average Bonchev–Trinajstić information content (AvgIpc) is 3.33. The molecule has 9 heteroatoms. The number of nitrogens with one attached hydrogen (secondary N) is 1. The third-order valence-electron chi connectivity index (χ3n) is 10.2. The summed E-state index contributed by atoms with van der Waals surface area (Å²) < 4.78 is 12.3. The standard InChI is InChI=1S/C31H51ClN4O4/c1-19(2)40-26-17-24(39-4)12-13-25(26)30-34-28(22-7-5-6-20(3)16-22)29(21-8-10-23(32)11-9-21)36(30)31(38)35-15-14-33-27(37)18-35/h19-26,28-29H,5-18H2,1-4H3,(H,33,37)/t20?,21?,22?,23?,24?,25?,26?,28-,29+/m0/s1. The molecule has 4 fully saturated rings. The summed E-state index contributed by atoms with van der Waals surface area (Å²) in [5, 5.41) is 3.10. The molecule has 0 aromatic heterocycles. The van der Waals surface area contributed by atoms with Crippen LogP contribution < -0.4 is 5.32 Å². The number of methoxy groups -OCH3 is 1. The molecule has 2 aliphatic heterocycles. The molecule has 8 nitrogen and oxygen atoms in total. The zero-order chi connectivity index (χ0) is 28.4. The largest absolute Gasteiger partial charge is 0.381 e. The number of nitrogens with zero attached hydrogens (tertiary/aromatic N) is 3. The van der Waals surface area contributed by atoms with Crippen LogP contribution in [0.1, 0.15) is 91.4 Å². The fourth-order valence-electron chi connectivity index (χ4n) is 8.24. The van der Waals surface area contributed by atoms with Crippen LogP contribution in [0, 0.1) is 23.7 Å². The molecule has 0 spiro atoms. The lowest BCUT2D eigenvalue weighted by Crippen LogP contribution is -2.60. The highest BCUT2D eigenvalue weighted by Gasteiger charge is 2.52. The second-order valence-electron chi connectivity index (χ2n) is 13.4. The summed E-state index contributed by atoms with van der Waals surface area (Å²) in [5.74, 6) is 2.38. The number of carbonyl (C=O) groups excluding carboxylic acids is 2. The fraction of sp³-hybridized carbons (Fsp3) is 0.903. The lowest BCUT2D eigenvalue weighted by molar-refractivity contribution is -0.123. The number of urea groups is 1. The van der Waals surface area contributed by atoms with Crippen LogP contribution in [0.4, 0.5) is 4.79 Å². The van der Waals surface area contributed by atoms with Crippen LogP contribution in [0.3, 0.4) is 0 Å². The van der Waals surface area contributed by atoms with Crippen molar-refractivity contribution in [3.8, 4) is 0 Å². The van der Waals surface area contributed by atoms with Gasteiger partial charge in [0.15, 0.2) is 0 Å². The minimum atomic E-state index is -0.0873. The highest BCUT2D eigenvalue weighted by Crippen LogP contribution is 2.45. The fourth-order valence-corrected chi connectivity index (χ4v) is 8.49. The number of rotatable bonds is 6. The number of halogens is 1. The molecule has 1 N–H and O–H groups in total. The minimum Gasteiger partial charge on any atom is -0.381 e. The number of piperazine rings is 1.